The third kappa shape index (κ3) is 3.50. The summed E-state index contributed by atoms with van der Waals surface area (Å²) in [6, 6.07) is 0.654. The number of rotatable bonds is 2. The van der Waals surface area contributed by atoms with Crippen LogP contribution in [0, 0.1) is 17.3 Å². The highest BCUT2D eigenvalue weighted by molar-refractivity contribution is 5.79. The third-order valence-corrected chi connectivity index (χ3v) is 5.37. The van der Waals surface area contributed by atoms with Crippen LogP contribution in [0.15, 0.2) is 0 Å². The van der Waals surface area contributed by atoms with E-state index in [-0.39, 0.29) is 17.2 Å². The van der Waals surface area contributed by atoms with Crippen molar-refractivity contribution in [3.05, 3.63) is 0 Å². The van der Waals surface area contributed by atoms with Crippen molar-refractivity contribution in [3.8, 4) is 0 Å². The third-order valence-electron chi connectivity index (χ3n) is 5.37. The fraction of sp³-hybridized carbons (Fsp3) is 0.938. The van der Waals surface area contributed by atoms with Crippen LogP contribution in [0.1, 0.15) is 65.7 Å². The number of nitrogens with two attached hydrogens (primary N) is 1. The quantitative estimate of drug-likeness (QED) is 0.807. The Morgan fingerprint density at radius 1 is 1.21 bits per heavy atom. The normalized spacial score (nSPS) is 38.7. The molecule has 0 aliphatic heterocycles. The Kier molecular flexibility index (Phi) is 4.54. The van der Waals surface area contributed by atoms with Crippen molar-refractivity contribution in [3.63, 3.8) is 0 Å². The highest BCUT2D eigenvalue weighted by atomic mass is 16.2. The van der Waals surface area contributed by atoms with Crippen LogP contribution in [-0.2, 0) is 4.79 Å². The number of carbonyl (C=O) groups is 1. The van der Waals surface area contributed by atoms with Crippen molar-refractivity contribution in [1.82, 2.24) is 5.32 Å². The maximum atomic E-state index is 12.5. The van der Waals surface area contributed by atoms with Crippen molar-refractivity contribution >= 4 is 5.91 Å². The number of nitrogens with one attached hydrogen (secondary N) is 1. The zero-order valence-corrected chi connectivity index (χ0v) is 12.7. The maximum absolute atomic E-state index is 12.5. The lowest BCUT2D eigenvalue weighted by Crippen LogP contribution is -2.50. The standard InChI is InChI=1S/C16H30N2O/c1-11-10-12(17)7-8-13(11)15(19)18-14-6-4-5-9-16(14,2)3/h11-14H,4-10,17H2,1-3H3,(H,18,19). The van der Waals surface area contributed by atoms with Crippen LogP contribution in [0.25, 0.3) is 0 Å². The summed E-state index contributed by atoms with van der Waals surface area (Å²) in [5, 5.41) is 3.34. The summed E-state index contributed by atoms with van der Waals surface area (Å²) in [7, 11) is 0. The molecule has 4 atom stereocenters. The molecule has 0 heterocycles. The monoisotopic (exact) mass is 266 g/mol. The number of hydrogen-bond acceptors (Lipinski definition) is 2. The summed E-state index contributed by atoms with van der Waals surface area (Å²) in [4.78, 5) is 12.5. The van der Waals surface area contributed by atoms with E-state index in [1.54, 1.807) is 0 Å². The lowest BCUT2D eigenvalue weighted by molar-refractivity contribution is -0.129. The molecular weight excluding hydrogens is 236 g/mol. The van der Waals surface area contributed by atoms with E-state index in [4.69, 9.17) is 5.73 Å². The summed E-state index contributed by atoms with van der Waals surface area (Å²) in [6.45, 7) is 6.75. The van der Waals surface area contributed by atoms with Gasteiger partial charge >= 0.3 is 0 Å². The Morgan fingerprint density at radius 3 is 2.58 bits per heavy atom. The summed E-state index contributed by atoms with van der Waals surface area (Å²) in [5.74, 6) is 0.882. The van der Waals surface area contributed by atoms with E-state index in [0.29, 0.717) is 18.0 Å². The Balaban J connectivity index is 1.93. The molecule has 3 heteroatoms. The van der Waals surface area contributed by atoms with Gasteiger partial charge in [-0.25, -0.2) is 0 Å². The van der Waals surface area contributed by atoms with Gasteiger partial charge in [-0.3, -0.25) is 4.79 Å². The van der Waals surface area contributed by atoms with Crippen LogP contribution in [0.3, 0.4) is 0 Å². The van der Waals surface area contributed by atoms with E-state index in [2.05, 4.69) is 26.1 Å². The molecule has 0 spiro atoms. The van der Waals surface area contributed by atoms with Crippen molar-refractivity contribution < 1.29 is 4.79 Å². The SMILES string of the molecule is CC1CC(N)CCC1C(=O)NC1CCCCC1(C)C. The minimum Gasteiger partial charge on any atom is -0.353 e. The smallest absolute Gasteiger partial charge is 0.223 e. The fourth-order valence-corrected chi connectivity index (χ4v) is 3.87. The van der Waals surface area contributed by atoms with Gasteiger partial charge in [0.1, 0.15) is 0 Å². The summed E-state index contributed by atoms with van der Waals surface area (Å²) >= 11 is 0. The topological polar surface area (TPSA) is 55.1 Å². The molecule has 2 rings (SSSR count). The summed E-state index contributed by atoms with van der Waals surface area (Å²) < 4.78 is 0. The minimum absolute atomic E-state index is 0.178. The van der Waals surface area contributed by atoms with E-state index in [0.717, 1.165) is 25.7 Å². The molecule has 19 heavy (non-hydrogen) atoms. The van der Waals surface area contributed by atoms with Gasteiger partial charge in [0.2, 0.25) is 5.91 Å². The zero-order chi connectivity index (χ0) is 14.0. The molecule has 0 saturated heterocycles. The molecule has 0 aromatic carbocycles. The molecule has 0 aromatic rings. The molecule has 110 valence electrons. The van der Waals surface area contributed by atoms with Gasteiger partial charge in [-0.15, -0.1) is 0 Å². The predicted molar refractivity (Wildman–Crippen MR) is 78.7 cm³/mol. The van der Waals surface area contributed by atoms with Crippen LogP contribution >= 0.6 is 0 Å². The van der Waals surface area contributed by atoms with Crippen LogP contribution in [0.4, 0.5) is 0 Å². The largest absolute Gasteiger partial charge is 0.353 e. The molecule has 1 amide bonds. The van der Waals surface area contributed by atoms with Gasteiger partial charge < -0.3 is 11.1 Å². The van der Waals surface area contributed by atoms with Crippen molar-refractivity contribution in [2.24, 2.45) is 23.0 Å². The van der Waals surface area contributed by atoms with E-state index in [9.17, 15) is 4.79 Å². The molecule has 3 N–H and O–H groups in total. The first-order valence-electron chi connectivity index (χ1n) is 7.96. The Morgan fingerprint density at radius 2 is 1.95 bits per heavy atom. The lowest BCUT2D eigenvalue weighted by atomic mass is 9.72. The first-order chi connectivity index (χ1) is 8.90. The Hall–Kier alpha value is -0.570. The van der Waals surface area contributed by atoms with Gasteiger partial charge in [0, 0.05) is 18.0 Å². The Labute approximate surface area is 117 Å². The van der Waals surface area contributed by atoms with Gasteiger partial charge in [0.15, 0.2) is 0 Å². The van der Waals surface area contributed by atoms with Gasteiger partial charge in [-0.05, 0) is 43.4 Å². The average molecular weight is 266 g/mol. The average Bonchev–Trinajstić information content (AvgIpc) is 2.31. The second-order valence-corrected chi connectivity index (χ2v) is 7.45. The first kappa shape index (κ1) is 14.8. The van der Waals surface area contributed by atoms with E-state index >= 15 is 0 Å². The van der Waals surface area contributed by atoms with Gasteiger partial charge in [0.25, 0.3) is 0 Å². The molecular formula is C16H30N2O. The number of hydrogen-bond donors (Lipinski definition) is 2. The summed E-state index contributed by atoms with van der Waals surface area (Å²) in [6.07, 6.45) is 7.86. The molecule has 2 saturated carbocycles. The molecule has 2 fully saturated rings. The van der Waals surface area contributed by atoms with Crippen molar-refractivity contribution in [2.45, 2.75) is 77.8 Å². The van der Waals surface area contributed by atoms with Crippen LogP contribution in [0.5, 0.6) is 0 Å². The number of amides is 1. The molecule has 2 aliphatic carbocycles. The minimum atomic E-state index is 0.178. The Bertz CT molecular complexity index is 327. The van der Waals surface area contributed by atoms with E-state index < -0.39 is 0 Å². The maximum Gasteiger partial charge on any atom is 0.223 e. The number of carbonyl (C=O) groups excluding carboxylic acids is 1. The molecule has 0 aromatic heterocycles. The van der Waals surface area contributed by atoms with E-state index in [1.807, 2.05) is 0 Å². The highest BCUT2D eigenvalue weighted by Gasteiger charge is 2.36. The van der Waals surface area contributed by atoms with Crippen molar-refractivity contribution in [1.29, 1.82) is 0 Å². The van der Waals surface area contributed by atoms with Crippen LogP contribution < -0.4 is 11.1 Å². The van der Waals surface area contributed by atoms with Gasteiger partial charge in [-0.1, -0.05) is 33.6 Å². The zero-order valence-electron chi connectivity index (χ0n) is 12.7. The fourth-order valence-electron chi connectivity index (χ4n) is 3.87. The van der Waals surface area contributed by atoms with Crippen LogP contribution in [-0.4, -0.2) is 18.0 Å². The highest BCUT2D eigenvalue weighted by Crippen LogP contribution is 2.36. The molecule has 0 bridgehead atoms. The molecule has 2 aliphatic rings. The van der Waals surface area contributed by atoms with E-state index in [1.165, 1.54) is 19.3 Å². The lowest BCUT2D eigenvalue weighted by Gasteiger charge is -2.41. The summed E-state index contributed by atoms with van der Waals surface area (Å²) in [5.41, 5.74) is 6.24. The molecule has 0 radical (unpaired) electrons. The second kappa shape index (κ2) is 5.82. The second-order valence-electron chi connectivity index (χ2n) is 7.45. The molecule has 3 nitrogen and oxygen atoms in total. The molecule has 4 unspecified atom stereocenters. The van der Waals surface area contributed by atoms with Crippen molar-refractivity contribution in [2.75, 3.05) is 0 Å². The predicted octanol–water partition coefficient (Wildman–Crippen LogP) is 2.83. The first-order valence-corrected chi connectivity index (χ1v) is 7.96. The van der Waals surface area contributed by atoms with Crippen LogP contribution in [0.2, 0.25) is 0 Å². The van der Waals surface area contributed by atoms with Gasteiger partial charge in [-0.2, -0.15) is 0 Å². The van der Waals surface area contributed by atoms with Gasteiger partial charge in [0.05, 0.1) is 0 Å².